The smallest absolute Gasteiger partial charge is 0.335 e. The summed E-state index contributed by atoms with van der Waals surface area (Å²) >= 11 is 0. The molecule has 0 atom stereocenters. The topological polar surface area (TPSA) is 64.6 Å². The molecule has 2 rings (SSSR count). The van der Waals surface area contributed by atoms with Gasteiger partial charge in [0.1, 0.15) is 0 Å². The molecule has 114 valence electrons. The van der Waals surface area contributed by atoms with Crippen molar-refractivity contribution >= 4 is 36.5 Å². The third-order valence-corrected chi connectivity index (χ3v) is 3.10. The number of nitrogens with one attached hydrogen (secondary N) is 2. The van der Waals surface area contributed by atoms with E-state index in [2.05, 4.69) is 15.5 Å². The Kier molecular flexibility index (Phi) is 9.33. The van der Waals surface area contributed by atoms with Gasteiger partial charge in [0.25, 0.3) is 0 Å². The summed E-state index contributed by atoms with van der Waals surface area (Å²) in [6, 6.07) is 6.85. The zero-order valence-electron chi connectivity index (χ0n) is 11.2. The van der Waals surface area contributed by atoms with Gasteiger partial charge in [0.05, 0.1) is 5.56 Å². The van der Waals surface area contributed by atoms with Crippen LogP contribution in [0.2, 0.25) is 0 Å². The molecule has 1 aromatic carbocycles. The van der Waals surface area contributed by atoms with Crippen LogP contribution in [-0.2, 0) is 0 Å². The van der Waals surface area contributed by atoms with Crippen molar-refractivity contribution in [3.63, 3.8) is 0 Å². The van der Waals surface area contributed by atoms with Crippen LogP contribution in [0.25, 0.3) is 0 Å². The van der Waals surface area contributed by atoms with Crippen LogP contribution in [-0.4, -0.2) is 55.2 Å². The number of anilines is 1. The van der Waals surface area contributed by atoms with Crippen LogP contribution in [0.3, 0.4) is 0 Å². The molecule has 0 unspecified atom stereocenters. The predicted molar refractivity (Wildman–Crippen MR) is 85.7 cm³/mol. The fourth-order valence-corrected chi connectivity index (χ4v) is 2.02. The van der Waals surface area contributed by atoms with Crippen LogP contribution < -0.4 is 10.6 Å². The molecule has 1 fully saturated rings. The minimum atomic E-state index is -0.887. The summed E-state index contributed by atoms with van der Waals surface area (Å²) < 4.78 is 0. The van der Waals surface area contributed by atoms with Gasteiger partial charge in [-0.05, 0) is 24.3 Å². The van der Waals surface area contributed by atoms with Crippen LogP contribution >= 0.6 is 24.8 Å². The number of halogens is 2. The van der Waals surface area contributed by atoms with Crippen LogP contribution in [0.1, 0.15) is 10.4 Å². The van der Waals surface area contributed by atoms with Crippen LogP contribution in [0.4, 0.5) is 5.69 Å². The van der Waals surface area contributed by atoms with E-state index in [4.69, 9.17) is 5.11 Å². The van der Waals surface area contributed by atoms with Gasteiger partial charge in [0.2, 0.25) is 0 Å². The highest BCUT2D eigenvalue weighted by Crippen LogP contribution is 2.09. The zero-order valence-corrected chi connectivity index (χ0v) is 12.8. The number of aromatic carboxylic acids is 1. The Balaban J connectivity index is 0.00000180. The van der Waals surface area contributed by atoms with Crippen LogP contribution in [0.5, 0.6) is 0 Å². The highest BCUT2D eigenvalue weighted by molar-refractivity contribution is 5.88. The maximum Gasteiger partial charge on any atom is 0.335 e. The minimum absolute atomic E-state index is 0. The second-order valence-corrected chi connectivity index (χ2v) is 4.40. The van der Waals surface area contributed by atoms with Gasteiger partial charge in [0.15, 0.2) is 0 Å². The maximum atomic E-state index is 10.7. The second-order valence-electron chi connectivity index (χ2n) is 4.40. The Hall–Kier alpha value is -1.01. The number of carboxylic acids is 1. The fourth-order valence-electron chi connectivity index (χ4n) is 2.02. The van der Waals surface area contributed by atoms with Crippen molar-refractivity contribution in [1.29, 1.82) is 0 Å². The van der Waals surface area contributed by atoms with Gasteiger partial charge in [-0.25, -0.2) is 4.79 Å². The summed E-state index contributed by atoms with van der Waals surface area (Å²) in [6.07, 6.45) is 0. The van der Waals surface area contributed by atoms with Gasteiger partial charge in [-0.3, -0.25) is 4.90 Å². The first-order valence-corrected chi connectivity index (χ1v) is 6.26. The number of hydrogen-bond donors (Lipinski definition) is 3. The fraction of sp³-hybridized carbons (Fsp3) is 0.462. The van der Waals surface area contributed by atoms with Crippen molar-refractivity contribution in [3.05, 3.63) is 29.8 Å². The normalized spacial score (nSPS) is 14.8. The molecule has 7 heteroatoms. The van der Waals surface area contributed by atoms with Crippen molar-refractivity contribution in [3.8, 4) is 0 Å². The van der Waals surface area contributed by atoms with Crippen molar-refractivity contribution in [2.24, 2.45) is 0 Å². The Bertz CT molecular complexity index is 395. The highest BCUT2D eigenvalue weighted by Gasteiger charge is 2.08. The molecular formula is C13H21Cl2N3O2. The van der Waals surface area contributed by atoms with Crippen LogP contribution in [0.15, 0.2) is 24.3 Å². The first kappa shape index (κ1) is 19.0. The van der Waals surface area contributed by atoms with Gasteiger partial charge in [-0.2, -0.15) is 0 Å². The third kappa shape index (κ3) is 5.96. The summed E-state index contributed by atoms with van der Waals surface area (Å²) in [5.41, 5.74) is 1.29. The van der Waals surface area contributed by atoms with E-state index in [0.29, 0.717) is 5.56 Å². The highest BCUT2D eigenvalue weighted by atomic mass is 35.5. The van der Waals surface area contributed by atoms with E-state index in [0.717, 1.165) is 45.0 Å². The lowest BCUT2D eigenvalue weighted by molar-refractivity contribution is 0.0697. The van der Waals surface area contributed by atoms with Gasteiger partial charge in [0, 0.05) is 45.0 Å². The van der Waals surface area contributed by atoms with Crippen molar-refractivity contribution in [1.82, 2.24) is 10.2 Å². The third-order valence-electron chi connectivity index (χ3n) is 3.10. The molecule has 1 saturated heterocycles. The van der Waals surface area contributed by atoms with Crippen molar-refractivity contribution in [2.45, 2.75) is 0 Å². The minimum Gasteiger partial charge on any atom is -0.478 e. The lowest BCUT2D eigenvalue weighted by atomic mass is 10.2. The summed E-state index contributed by atoms with van der Waals surface area (Å²) in [7, 11) is 0. The summed E-state index contributed by atoms with van der Waals surface area (Å²) in [5, 5.41) is 15.4. The Labute approximate surface area is 131 Å². The molecule has 20 heavy (non-hydrogen) atoms. The molecule has 0 radical (unpaired) electrons. The molecule has 3 N–H and O–H groups in total. The quantitative estimate of drug-likeness (QED) is 0.768. The number of piperazine rings is 1. The van der Waals surface area contributed by atoms with Crippen molar-refractivity contribution in [2.75, 3.05) is 44.6 Å². The summed E-state index contributed by atoms with van der Waals surface area (Å²) in [4.78, 5) is 13.1. The van der Waals surface area contributed by atoms with E-state index in [1.54, 1.807) is 24.3 Å². The number of benzene rings is 1. The molecule has 1 aromatic rings. The van der Waals surface area contributed by atoms with Gasteiger partial charge in [-0.15, -0.1) is 24.8 Å². The maximum absolute atomic E-state index is 10.7. The number of carbonyl (C=O) groups is 1. The molecule has 0 aromatic heterocycles. The first-order valence-electron chi connectivity index (χ1n) is 6.26. The van der Waals surface area contributed by atoms with Crippen molar-refractivity contribution < 1.29 is 9.90 Å². The molecule has 0 saturated carbocycles. The molecular weight excluding hydrogens is 301 g/mol. The lowest BCUT2D eigenvalue weighted by Crippen LogP contribution is -2.45. The molecule has 1 aliphatic rings. The van der Waals surface area contributed by atoms with Gasteiger partial charge in [-0.1, -0.05) is 0 Å². The summed E-state index contributed by atoms with van der Waals surface area (Å²) in [6.45, 7) is 6.22. The molecule has 0 amide bonds. The predicted octanol–water partition coefficient (Wildman–Crippen LogP) is 1.55. The lowest BCUT2D eigenvalue weighted by Gasteiger charge is -2.27. The van der Waals surface area contributed by atoms with E-state index in [1.165, 1.54) is 0 Å². The van der Waals surface area contributed by atoms with E-state index in [-0.39, 0.29) is 24.8 Å². The van der Waals surface area contributed by atoms with E-state index >= 15 is 0 Å². The van der Waals surface area contributed by atoms with Gasteiger partial charge < -0.3 is 15.7 Å². The molecule has 1 heterocycles. The Morgan fingerprint density at radius 3 is 2.35 bits per heavy atom. The Morgan fingerprint density at radius 2 is 1.80 bits per heavy atom. The zero-order chi connectivity index (χ0) is 12.8. The van der Waals surface area contributed by atoms with Crippen LogP contribution in [0, 0.1) is 0 Å². The molecule has 1 aliphatic heterocycles. The Morgan fingerprint density at radius 1 is 1.20 bits per heavy atom. The average molecular weight is 322 g/mol. The van der Waals surface area contributed by atoms with Gasteiger partial charge >= 0.3 is 5.97 Å². The van der Waals surface area contributed by atoms with E-state index in [1.807, 2.05) is 0 Å². The monoisotopic (exact) mass is 321 g/mol. The molecule has 0 aliphatic carbocycles. The largest absolute Gasteiger partial charge is 0.478 e. The average Bonchev–Trinajstić information content (AvgIpc) is 2.40. The van der Waals surface area contributed by atoms with E-state index < -0.39 is 5.97 Å². The standard InChI is InChI=1S/C13H19N3O2.2ClH/c17-13(18)11-1-3-12(4-2-11)15-7-10-16-8-5-14-6-9-16;;/h1-4,14-15H,5-10H2,(H,17,18);2*1H. The molecule has 5 nitrogen and oxygen atoms in total. The number of carboxylic acid groups (broad SMARTS) is 1. The number of nitrogens with zero attached hydrogens (tertiary/aromatic N) is 1. The number of rotatable bonds is 5. The van der Waals surface area contributed by atoms with E-state index in [9.17, 15) is 4.79 Å². The molecule has 0 spiro atoms. The first-order chi connectivity index (χ1) is 8.75. The summed E-state index contributed by atoms with van der Waals surface area (Å²) in [5.74, 6) is -0.887. The SMILES string of the molecule is Cl.Cl.O=C(O)c1ccc(NCCN2CCNCC2)cc1. The number of hydrogen-bond acceptors (Lipinski definition) is 4. The second kappa shape index (κ2) is 9.83. The molecule has 0 bridgehead atoms.